The van der Waals surface area contributed by atoms with E-state index in [2.05, 4.69) is 4.90 Å². The highest BCUT2D eigenvalue weighted by Crippen LogP contribution is 2.27. The molecule has 2 rings (SSSR count). The smallest absolute Gasteiger partial charge is 0.303 e. The van der Waals surface area contributed by atoms with Gasteiger partial charge in [0.2, 0.25) is 0 Å². The molecule has 1 aromatic rings. The van der Waals surface area contributed by atoms with E-state index in [9.17, 15) is 4.79 Å². The van der Waals surface area contributed by atoms with Crippen molar-refractivity contribution >= 4 is 17.6 Å². The van der Waals surface area contributed by atoms with Crippen molar-refractivity contribution in [3.05, 3.63) is 28.8 Å². The van der Waals surface area contributed by atoms with Gasteiger partial charge in [-0.1, -0.05) is 17.7 Å². The number of hydrogen-bond donors (Lipinski definition) is 1. The van der Waals surface area contributed by atoms with Crippen LogP contribution >= 0.6 is 11.6 Å². The third-order valence-electron chi connectivity index (χ3n) is 3.79. The van der Waals surface area contributed by atoms with Crippen LogP contribution in [0, 0.1) is 5.92 Å². The summed E-state index contributed by atoms with van der Waals surface area (Å²) in [5.74, 6) is 0.323. The second kappa shape index (κ2) is 6.95. The highest BCUT2D eigenvalue weighted by molar-refractivity contribution is 6.32. The molecule has 1 aliphatic rings. The number of carboxylic acid groups (broad SMARTS) is 1. The van der Waals surface area contributed by atoms with E-state index in [-0.39, 0.29) is 0 Å². The Morgan fingerprint density at radius 1 is 1.45 bits per heavy atom. The van der Waals surface area contributed by atoms with Gasteiger partial charge in [-0.2, -0.15) is 0 Å². The fourth-order valence-corrected chi connectivity index (χ4v) is 2.94. The topological polar surface area (TPSA) is 49.8 Å². The molecular weight excluding hydrogens is 278 g/mol. The summed E-state index contributed by atoms with van der Waals surface area (Å²) in [6.07, 6.45) is 2.20. The number of halogens is 1. The number of hydrogen-bond acceptors (Lipinski definition) is 3. The number of benzene rings is 1. The lowest BCUT2D eigenvalue weighted by Gasteiger charge is -2.31. The van der Waals surface area contributed by atoms with Gasteiger partial charge in [0.25, 0.3) is 0 Å². The molecule has 0 aromatic heterocycles. The number of piperidine rings is 1. The van der Waals surface area contributed by atoms with E-state index < -0.39 is 5.97 Å². The Kier molecular flexibility index (Phi) is 5.26. The molecule has 5 heteroatoms. The Morgan fingerprint density at radius 3 is 2.70 bits per heavy atom. The molecule has 4 nitrogen and oxygen atoms in total. The monoisotopic (exact) mass is 297 g/mol. The van der Waals surface area contributed by atoms with E-state index in [1.807, 2.05) is 18.2 Å². The van der Waals surface area contributed by atoms with E-state index >= 15 is 0 Å². The fraction of sp³-hybridized carbons (Fsp3) is 0.533. The second-order valence-electron chi connectivity index (χ2n) is 5.29. The summed E-state index contributed by atoms with van der Waals surface area (Å²) in [5.41, 5.74) is 1.16. The summed E-state index contributed by atoms with van der Waals surface area (Å²) < 4.78 is 5.14. The maximum absolute atomic E-state index is 10.7. The van der Waals surface area contributed by atoms with Crippen LogP contribution in [-0.2, 0) is 11.3 Å². The first kappa shape index (κ1) is 15.1. The molecule has 1 aromatic carbocycles. The SMILES string of the molecule is COc1ccc(CN2CCC(CC(=O)O)CC2)cc1Cl. The third kappa shape index (κ3) is 4.12. The molecule has 1 fully saturated rings. The van der Waals surface area contributed by atoms with E-state index in [0.717, 1.165) is 38.0 Å². The van der Waals surface area contributed by atoms with Crippen molar-refractivity contribution in [2.75, 3.05) is 20.2 Å². The molecule has 1 aliphatic heterocycles. The average Bonchev–Trinajstić information content (AvgIpc) is 2.41. The fourth-order valence-electron chi connectivity index (χ4n) is 2.66. The molecule has 0 bridgehead atoms. The summed E-state index contributed by atoms with van der Waals surface area (Å²) in [4.78, 5) is 13.0. The standard InChI is InChI=1S/C15H20ClNO3/c1-20-14-3-2-12(8-13(14)16)10-17-6-4-11(5-7-17)9-15(18)19/h2-3,8,11H,4-7,9-10H2,1H3,(H,18,19). The molecule has 0 radical (unpaired) electrons. The van der Waals surface area contributed by atoms with Crippen molar-refractivity contribution < 1.29 is 14.6 Å². The highest BCUT2D eigenvalue weighted by Gasteiger charge is 2.21. The van der Waals surface area contributed by atoms with Crippen LogP contribution in [0.25, 0.3) is 0 Å². The van der Waals surface area contributed by atoms with Gasteiger partial charge in [-0.25, -0.2) is 0 Å². The quantitative estimate of drug-likeness (QED) is 0.907. The summed E-state index contributed by atoms with van der Waals surface area (Å²) in [7, 11) is 1.61. The molecule has 0 spiro atoms. The van der Waals surface area contributed by atoms with Gasteiger partial charge in [0.1, 0.15) is 5.75 Å². The zero-order valence-corrected chi connectivity index (χ0v) is 12.4. The number of rotatable bonds is 5. The van der Waals surface area contributed by atoms with Crippen molar-refractivity contribution in [2.24, 2.45) is 5.92 Å². The van der Waals surface area contributed by atoms with E-state index in [0.29, 0.717) is 23.1 Å². The zero-order chi connectivity index (χ0) is 14.5. The second-order valence-corrected chi connectivity index (χ2v) is 5.69. The molecule has 20 heavy (non-hydrogen) atoms. The average molecular weight is 298 g/mol. The number of carbonyl (C=O) groups is 1. The van der Waals surface area contributed by atoms with E-state index in [1.54, 1.807) is 7.11 Å². The zero-order valence-electron chi connectivity index (χ0n) is 11.6. The summed E-state index contributed by atoms with van der Waals surface area (Å²) >= 11 is 6.12. The van der Waals surface area contributed by atoms with Crippen molar-refractivity contribution in [1.29, 1.82) is 0 Å². The predicted molar refractivity (Wildman–Crippen MR) is 78.3 cm³/mol. The van der Waals surface area contributed by atoms with Crippen molar-refractivity contribution in [3.8, 4) is 5.75 Å². The molecule has 1 heterocycles. The van der Waals surface area contributed by atoms with Gasteiger partial charge in [-0.3, -0.25) is 9.69 Å². The first-order chi connectivity index (χ1) is 9.58. The minimum atomic E-state index is -0.689. The molecule has 0 aliphatic carbocycles. The van der Waals surface area contributed by atoms with Crippen LogP contribution in [0.5, 0.6) is 5.75 Å². The maximum atomic E-state index is 10.7. The largest absolute Gasteiger partial charge is 0.495 e. The van der Waals surface area contributed by atoms with E-state index in [1.165, 1.54) is 0 Å². The van der Waals surface area contributed by atoms with Crippen molar-refractivity contribution in [1.82, 2.24) is 4.90 Å². The molecule has 1 saturated heterocycles. The maximum Gasteiger partial charge on any atom is 0.303 e. The van der Waals surface area contributed by atoms with Gasteiger partial charge < -0.3 is 9.84 Å². The van der Waals surface area contributed by atoms with Crippen molar-refractivity contribution in [3.63, 3.8) is 0 Å². The van der Waals surface area contributed by atoms with Gasteiger partial charge in [0.05, 0.1) is 12.1 Å². The minimum Gasteiger partial charge on any atom is -0.495 e. The van der Waals surface area contributed by atoms with E-state index in [4.69, 9.17) is 21.4 Å². The van der Waals surface area contributed by atoms with Gasteiger partial charge in [-0.05, 0) is 49.5 Å². The molecule has 0 unspecified atom stereocenters. The van der Waals surface area contributed by atoms with Crippen LogP contribution in [0.3, 0.4) is 0 Å². The Hall–Kier alpha value is -1.26. The number of nitrogens with zero attached hydrogens (tertiary/aromatic N) is 1. The molecule has 110 valence electrons. The minimum absolute atomic E-state index is 0.294. The normalized spacial score (nSPS) is 17.1. The molecule has 1 N–H and O–H groups in total. The molecule has 0 atom stereocenters. The lowest BCUT2D eigenvalue weighted by Crippen LogP contribution is -2.33. The molecule has 0 amide bonds. The van der Waals surface area contributed by atoms with Crippen LogP contribution in [0.4, 0.5) is 0 Å². The lowest BCUT2D eigenvalue weighted by molar-refractivity contribution is -0.138. The van der Waals surface area contributed by atoms with Gasteiger partial charge in [0.15, 0.2) is 0 Å². The van der Waals surface area contributed by atoms with Crippen LogP contribution in [0.1, 0.15) is 24.8 Å². The Morgan fingerprint density at radius 2 is 2.15 bits per heavy atom. The number of ether oxygens (including phenoxy) is 1. The van der Waals surface area contributed by atoms with Gasteiger partial charge in [-0.15, -0.1) is 0 Å². The molecule has 0 saturated carbocycles. The Labute approximate surface area is 124 Å². The number of likely N-dealkylation sites (tertiary alicyclic amines) is 1. The van der Waals surface area contributed by atoms with Gasteiger partial charge in [0, 0.05) is 13.0 Å². The van der Waals surface area contributed by atoms with Crippen LogP contribution < -0.4 is 4.74 Å². The number of methoxy groups -OCH3 is 1. The Balaban J connectivity index is 1.86. The summed E-state index contributed by atoms with van der Waals surface area (Å²) in [6.45, 7) is 2.74. The molecular formula is C15H20ClNO3. The van der Waals surface area contributed by atoms with Crippen molar-refractivity contribution in [2.45, 2.75) is 25.8 Å². The Bertz CT molecular complexity index is 470. The summed E-state index contributed by atoms with van der Waals surface area (Å²) in [5, 5.41) is 9.44. The highest BCUT2D eigenvalue weighted by atomic mass is 35.5. The van der Waals surface area contributed by atoms with Crippen LogP contribution in [-0.4, -0.2) is 36.2 Å². The first-order valence-corrected chi connectivity index (χ1v) is 7.23. The number of carboxylic acids is 1. The lowest BCUT2D eigenvalue weighted by atomic mass is 9.93. The number of aliphatic carboxylic acids is 1. The van der Waals surface area contributed by atoms with Crippen LogP contribution in [0.2, 0.25) is 5.02 Å². The third-order valence-corrected chi connectivity index (χ3v) is 4.09. The van der Waals surface area contributed by atoms with Crippen LogP contribution in [0.15, 0.2) is 18.2 Å². The summed E-state index contributed by atoms with van der Waals surface area (Å²) in [6, 6.07) is 5.84. The predicted octanol–water partition coefficient (Wildman–Crippen LogP) is 3.04. The van der Waals surface area contributed by atoms with Gasteiger partial charge >= 0.3 is 5.97 Å². The first-order valence-electron chi connectivity index (χ1n) is 6.85.